The van der Waals surface area contributed by atoms with Gasteiger partial charge in [-0.1, -0.05) is 0 Å². The molecular weight excluding hydrogens is 304 g/mol. The maximum absolute atomic E-state index is 12.2. The lowest BCUT2D eigenvalue weighted by Crippen LogP contribution is -2.48. The highest BCUT2D eigenvalue weighted by molar-refractivity contribution is 7.11. The van der Waals surface area contributed by atoms with Crippen LogP contribution >= 0.6 is 11.3 Å². The third kappa shape index (κ3) is 3.15. The number of rotatable bonds is 3. The summed E-state index contributed by atoms with van der Waals surface area (Å²) in [6.07, 6.45) is 4.30. The van der Waals surface area contributed by atoms with Crippen molar-refractivity contribution in [1.82, 2.24) is 10.2 Å². The topological polar surface area (TPSA) is 78.9 Å². The molecule has 2 saturated heterocycles. The third-order valence-electron chi connectivity index (χ3n) is 4.10. The highest BCUT2D eigenvalue weighted by atomic mass is 32.1. The molecule has 1 aromatic heterocycles. The number of nitrogens with zero attached hydrogens (tertiary/aromatic N) is 1. The lowest BCUT2D eigenvalue weighted by molar-refractivity contribution is -0.129. The van der Waals surface area contributed by atoms with Gasteiger partial charge in [-0.3, -0.25) is 4.79 Å². The van der Waals surface area contributed by atoms with Crippen molar-refractivity contribution >= 4 is 29.4 Å². The van der Waals surface area contributed by atoms with Crippen molar-refractivity contribution in [3.8, 4) is 0 Å². The van der Waals surface area contributed by atoms with Crippen LogP contribution in [0, 0.1) is 0 Å². The van der Waals surface area contributed by atoms with E-state index in [0.29, 0.717) is 32.5 Å². The van der Waals surface area contributed by atoms with Gasteiger partial charge in [0.2, 0.25) is 5.91 Å². The summed E-state index contributed by atoms with van der Waals surface area (Å²) in [5.41, 5.74) is 0.425. The fraction of sp³-hybridized carbons (Fsp3) is 0.467. The lowest BCUT2D eigenvalue weighted by atomic mass is 9.91. The molecule has 22 heavy (non-hydrogen) atoms. The van der Waals surface area contributed by atoms with Crippen LogP contribution in [-0.4, -0.2) is 47.2 Å². The largest absolute Gasteiger partial charge is 0.441 e. The second kappa shape index (κ2) is 6.10. The molecule has 118 valence electrons. The van der Waals surface area contributed by atoms with E-state index >= 15 is 0 Å². The molecule has 2 aliphatic rings. The number of ether oxygens (including phenoxy) is 1. The van der Waals surface area contributed by atoms with Crippen molar-refractivity contribution in [2.45, 2.75) is 25.0 Å². The van der Waals surface area contributed by atoms with Gasteiger partial charge in [0.05, 0.1) is 13.2 Å². The zero-order valence-corrected chi connectivity index (χ0v) is 12.9. The van der Waals surface area contributed by atoms with Crippen molar-refractivity contribution in [3.63, 3.8) is 0 Å². The maximum atomic E-state index is 12.2. The number of likely N-dealkylation sites (tertiary alicyclic amines) is 1. The molecular formula is C15H18N2O4S. The first-order chi connectivity index (χ1) is 10.6. The second-order valence-corrected chi connectivity index (χ2v) is 6.54. The minimum atomic E-state index is -0.429. The van der Waals surface area contributed by atoms with Crippen LogP contribution in [0.25, 0.3) is 6.08 Å². The number of hydrogen-bond acceptors (Lipinski definition) is 5. The minimum Gasteiger partial charge on any atom is -0.441 e. The van der Waals surface area contributed by atoms with E-state index in [9.17, 15) is 9.59 Å². The van der Waals surface area contributed by atoms with Gasteiger partial charge in [0.25, 0.3) is 0 Å². The fourth-order valence-corrected chi connectivity index (χ4v) is 3.54. The third-order valence-corrected chi connectivity index (χ3v) is 5.04. The first-order valence-electron chi connectivity index (χ1n) is 7.22. The zero-order valence-electron chi connectivity index (χ0n) is 12.1. The van der Waals surface area contributed by atoms with Crippen LogP contribution in [0.3, 0.4) is 0 Å². The zero-order chi connectivity index (χ0) is 15.6. The Morgan fingerprint density at radius 3 is 2.86 bits per heavy atom. The van der Waals surface area contributed by atoms with Crippen molar-refractivity contribution in [3.05, 3.63) is 28.0 Å². The Balaban J connectivity index is 1.54. The summed E-state index contributed by atoms with van der Waals surface area (Å²) >= 11 is 1.49. The quantitative estimate of drug-likeness (QED) is 0.824. The number of alkyl carbamates (subject to hydrolysis) is 1. The van der Waals surface area contributed by atoms with Gasteiger partial charge in [0.1, 0.15) is 5.60 Å². The number of piperidine rings is 1. The van der Waals surface area contributed by atoms with E-state index in [1.54, 1.807) is 17.1 Å². The molecule has 2 fully saturated rings. The fourth-order valence-electron chi connectivity index (χ4n) is 2.74. The van der Waals surface area contributed by atoms with E-state index in [-0.39, 0.29) is 18.6 Å². The molecule has 3 rings (SSSR count). The predicted octanol–water partition coefficient (Wildman–Crippen LogP) is 1.35. The molecule has 7 heteroatoms. The summed E-state index contributed by atoms with van der Waals surface area (Å²) < 4.78 is 5.33. The molecule has 2 aliphatic heterocycles. The first-order valence-corrected chi connectivity index (χ1v) is 8.10. The van der Waals surface area contributed by atoms with Crippen molar-refractivity contribution in [2.24, 2.45) is 0 Å². The molecule has 2 amide bonds. The monoisotopic (exact) mass is 322 g/mol. The number of thiophene rings is 1. The number of carbonyl (C=O) groups excluding carboxylic acids is 2. The van der Waals surface area contributed by atoms with Crippen LogP contribution in [0.1, 0.15) is 23.3 Å². The van der Waals surface area contributed by atoms with Gasteiger partial charge >= 0.3 is 6.09 Å². The molecule has 0 atom stereocenters. The SMILES string of the molecule is O=C1NCC2(CCN(C(=O)C=Cc3cc(CO)cs3)CC2)O1. The summed E-state index contributed by atoms with van der Waals surface area (Å²) in [4.78, 5) is 26.1. The van der Waals surface area contributed by atoms with Gasteiger partial charge in [0, 0.05) is 36.9 Å². The summed E-state index contributed by atoms with van der Waals surface area (Å²) in [7, 11) is 0. The maximum Gasteiger partial charge on any atom is 0.407 e. The Bertz CT molecular complexity index is 602. The summed E-state index contributed by atoms with van der Waals surface area (Å²) in [5.74, 6) is -0.0360. The van der Waals surface area contributed by atoms with Crippen LogP contribution in [0.4, 0.5) is 4.79 Å². The number of carbonyl (C=O) groups is 2. The summed E-state index contributed by atoms with van der Waals surface area (Å²) in [6, 6.07) is 1.86. The molecule has 1 spiro atoms. The molecule has 1 aromatic rings. The smallest absolute Gasteiger partial charge is 0.407 e. The van der Waals surface area contributed by atoms with Crippen LogP contribution in [0.5, 0.6) is 0 Å². The highest BCUT2D eigenvalue weighted by Gasteiger charge is 2.43. The predicted molar refractivity (Wildman–Crippen MR) is 82.3 cm³/mol. The Morgan fingerprint density at radius 1 is 1.50 bits per heavy atom. The highest BCUT2D eigenvalue weighted by Crippen LogP contribution is 2.29. The van der Waals surface area contributed by atoms with Crippen LogP contribution in [-0.2, 0) is 16.1 Å². The Labute approximate surface area is 132 Å². The average Bonchev–Trinajstić information content (AvgIpc) is 3.13. The van der Waals surface area contributed by atoms with E-state index in [4.69, 9.17) is 9.84 Å². The van der Waals surface area contributed by atoms with Crippen molar-refractivity contribution in [1.29, 1.82) is 0 Å². The van der Waals surface area contributed by atoms with Gasteiger partial charge < -0.3 is 20.1 Å². The Kier molecular flexibility index (Phi) is 4.17. The number of nitrogens with one attached hydrogen (secondary N) is 1. The van der Waals surface area contributed by atoms with E-state index in [1.807, 2.05) is 11.4 Å². The molecule has 0 unspecified atom stereocenters. The normalized spacial score (nSPS) is 20.4. The molecule has 0 bridgehead atoms. The van der Waals surface area contributed by atoms with Gasteiger partial charge in [-0.05, 0) is 23.1 Å². The average molecular weight is 322 g/mol. The van der Waals surface area contributed by atoms with Gasteiger partial charge in [-0.25, -0.2) is 4.79 Å². The minimum absolute atomic E-state index is 0.0131. The number of aliphatic hydroxyl groups is 1. The van der Waals surface area contributed by atoms with Crippen molar-refractivity contribution in [2.75, 3.05) is 19.6 Å². The van der Waals surface area contributed by atoms with E-state index in [1.165, 1.54) is 11.3 Å². The van der Waals surface area contributed by atoms with Crippen LogP contribution in [0.2, 0.25) is 0 Å². The molecule has 0 aromatic carbocycles. The van der Waals surface area contributed by atoms with Gasteiger partial charge in [0.15, 0.2) is 0 Å². The molecule has 0 aliphatic carbocycles. The molecule has 2 N–H and O–H groups in total. The summed E-state index contributed by atoms with van der Waals surface area (Å²) in [5, 5.41) is 13.6. The van der Waals surface area contributed by atoms with Crippen molar-refractivity contribution < 1.29 is 19.4 Å². The number of aliphatic hydroxyl groups excluding tert-OH is 1. The second-order valence-electron chi connectivity index (χ2n) is 5.60. The lowest BCUT2D eigenvalue weighted by Gasteiger charge is -2.36. The molecule has 6 nitrogen and oxygen atoms in total. The molecule has 3 heterocycles. The number of hydrogen-bond donors (Lipinski definition) is 2. The standard InChI is InChI=1S/C15H18N2O4S/c18-8-11-7-12(22-9-11)1-2-13(19)17-5-3-15(4-6-17)10-16-14(20)21-15/h1-2,7,9,18H,3-6,8,10H2,(H,16,20). The number of amides is 2. The van der Waals surface area contributed by atoms with Crippen LogP contribution < -0.4 is 5.32 Å². The van der Waals surface area contributed by atoms with Crippen LogP contribution in [0.15, 0.2) is 17.5 Å². The molecule has 0 radical (unpaired) electrons. The first kappa shape index (κ1) is 15.1. The summed E-state index contributed by atoms with van der Waals surface area (Å²) in [6.45, 7) is 1.72. The Hall–Kier alpha value is -1.86. The van der Waals surface area contributed by atoms with Gasteiger partial charge in [-0.15, -0.1) is 11.3 Å². The van der Waals surface area contributed by atoms with E-state index in [0.717, 1.165) is 10.4 Å². The molecule has 0 saturated carbocycles. The van der Waals surface area contributed by atoms with E-state index < -0.39 is 5.60 Å². The Morgan fingerprint density at radius 2 is 2.27 bits per heavy atom. The van der Waals surface area contributed by atoms with Gasteiger partial charge in [-0.2, -0.15) is 0 Å². The van der Waals surface area contributed by atoms with E-state index in [2.05, 4.69) is 5.32 Å².